The van der Waals surface area contributed by atoms with Crippen LogP contribution in [0, 0.1) is 5.92 Å². The zero-order valence-electron chi connectivity index (χ0n) is 9.88. The molecule has 0 aliphatic carbocycles. The molecular formula is C10H18F3NO3. The van der Waals surface area contributed by atoms with Crippen molar-refractivity contribution in [2.45, 2.75) is 32.5 Å². The number of alkyl halides is 3. The molecule has 2 N–H and O–H groups in total. The molecule has 0 heterocycles. The molecule has 1 unspecified atom stereocenters. The minimum atomic E-state index is -4.43. The largest absolute Gasteiger partial charge is 0.411 e. The molecule has 0 aliphatic rings. The lowest BCUT2D eigenvalue weighted by Gasteiger charge is -2.21. The first-order chi connectivity index (χ1) is 7.76. The number of aliphatic hydroxyl groups excluding tert-OH is 1. The second-order valence-corrected chi connectivity index (χ2v) is 4.04. The summed E-state index contributed by atoms with van der Waals surface area (Å²) < 4.78 is 39.4. The van der Waals surface area contributed by atoms with Gasteiger partial charge in [0.15, 0.2) is 0 Å². The van der Waals surface area contributed by atoms with Gasteiger partial charge < -0.3 is 15.2 Å². The second-order valence-electron chi connectivity index (χ2n) is 4.04. The van der Waals surface area contributed by atoms with Gasteiger partial charge in [-0.2, -0.15) is 13.2 Å². The number of amides is 1. The molecule has 0 saturated carbocycles. The molecule has 0 saturated heterocycles. The monoisotopic (exact) mass is 257 g/mol. The highest BCUT2D eigenvalue weighted by atomic mass is 19.4. The van der Waals surface area contributed by atoms with Gasteiger partial charge in [0.05, 0.1) is 0 Å². The van der Waals surface area contributed by atoms with E-state index in [9.17, 15) is 18.0 Å². The molecule has 0 aliphatic heterocycles. The maximum Gasteiger partial charge on any atom is 0.411 e. The van der Waals surface area contributed by atoms with Gasteiger partial charge in [0.25, 0.3) is 0 Å². The summed E-state index contributed by atoms with van der Waals surface area (Å²) in [5.41, 5.74) is 0. The van der Waals surface area contributed by atoms with E-state index in [0.29, 0.717) is 6.42 Å². The van der Waals surface area contributed by atoms with E-state index in [1.165, 1.54) is 0 Å². The van der Waals surface area contributed by atoms with Crippen molar-refractivity contribution >= 4 is 5.91 Å². The van der Waals surface area contributed by atoms with E-state index < -0.39 is 25.3 Å². The Balaban J connectivity index is 3.90. The predicted octanol–water partition coefficient (Wildman–Crippen LogP) is 1.09. The topological polar surface area (TPSA) is 58.6 Å². The molecule has 0 rings (SSSR count). The van der Waals surface area contributed by atoms with Crippen molar-refractivity contribution in [1.82, 2.24) is 5.32 Å². The summed E-state index contributed by atoms with van der Waals surface area (Å²) in [5.74, 6) is -0.518. The van der Waals surface area contributed by atoms with E-state index >= 15 is 0 Å². The second kappa shape index (κ2) is 7.50. The fourth-order valence-electron chi connectivity index (χ4n) is 1.22. The van der Waals surface area contributed by atoms with Crippen LogP contribution in [0.3, 0.4) is 0 Å². The molecule has 0 aromatic rings. The number of rotatable bonds is 7. The van der Waals surface area contributed by atoms with E-state index in [-0.39, 0.29) is 18.6 Å². The summed E-state index contributed by atoms with van der Waals surface area (Å²) in [4.78, 5) is 11.2. The number of hydrogen-bond acceptors (Lipinski definition) is 3. The number of hydrogen-bond donors (Lipinski definition) is 2. The Bertz CT molecular complexity index is 231. The first-order valence-corrected chi connectivity index (χ1v) is 5.31. The molecule has 7 heteroatoms. The summed E-state index contributed by atoms with van der Waals surface area (Å²) in [6, 6.07) is -0.262. The van der Waals surface area contributed by atoms with Gasteiger partial charge in [-0.3, -0.25) is 4.79 Å². The average Bonchev–Trinajstić information content (AvgIpc) is 2.14. The summed E-state index contributed by atoms with van der Waals surface area (Å²) in [6.45, 7) is 1.53. The van der Waals surface area contributed by atoms with Gasteiger partial charge in [-0.1, -0.05) is 13.8 Å². The van der Waals surface area contributed by atoms with Gasteiger partial charge in [0, 0.05) is 12.6 Å². The molecule has 0 aromatic heterocycles. The molecular weight excluding hydrogens is 239 g/mol. The van der Waals surface area contributed by atoms with Crippen LogP contribution in [0.5, 0.6) is 0 Å². The van der Waals surface area contributed by atoms with E-state index in [0.717, 1.165) is 0 Å². The van der Waals surface area contributed by atoms with E-state index in [4.69, 9.17) is 5.11 Å². The van der Waals surface area contributed by atoms with Gasteiger partial charge in [0.2, 0.25) is 5.91 Å². The standard InChI is InChI=1S/C10H18F3NO3/c1-7(2)8(3-4-15)14-9(16)5-17-6-10(11,12)13/h7-8,15H,3-6H2,1-2H3,(H,14,16). The van der Waals surface area contributed by atoms with Crippen LogP contribution in [0.2, 0.25) is 0 Å². The third-order valence-electron chi connectivity index (χ3n) is 2.09. The van der Waals surface area contributed by atoms with Crippen molar-refractivity contribution < 1.29 is 27.8 Å². The zero-order valence-corrected chi connectivity index (χ0v) is 9.88. The van der Waals surface area contributed by atoms with Crippen LogP contribution >= 0.6 is 0 Å². The maximum atomic E-state index is 11.7. The summed E-state index contributed by atoms with van der Waals surface area (Å²) >= 11 is 0. The maximum absolute atomic E-state index is 11.7. The molecule has 102 valence electrons. The van der Waals surface area contributed by atoms with E-state index in [1.54, 1.807) is 0 Å². The SMILES string of the molecule is CC(C)C(CCO)NC(=O)COCC(F)(F)F. The Kier molecular flexibility index (Phi) is 7.13. The number of carbonyl (C=O) groups excluding carboxylic acids is 1. The highest BCUT2D eigenvalue weighted by Gasteiger charge is 2.28. The first-order valence-electron chi connectivity index (χ1n) is 5.31. The Morgan fingerprint density at radius 3 is 2.41 bits per heavy atom. The van der Waals surface area contributed by atoms with Gasteiger partial charge in [0.1, 0.15) is 13.2 Å². The van der Waals surface area contributed by atoms with Crippen LogP contribution in [-0.2, 0) is 9.53 Å². The average molecular weight is 257 g/mol. The van der Waals surface area contributed by atoms with Gasteiger partial charge in [-0.25, -0.2) is 0 Å². The fourth-order valence-corrected chi connectivity index (χ4v) is 1.22. The van der Waals surface area contributed by atoms with Crippen LogP contribution < -0.4 is 5.32 Å². The fraction of sp³-hybridized carbons (Fsp3) is 0.900. The molecule has 1 amide bonds. The highest BCUT2D eigenvalue weighted by Crippen LogP contribution is 2.14. The summed E-state index contributed by atoms with van der Waals surface area (Å²) in [6.07, 6.45) is -4.06. The number of carbonyl (C=O) groups is 1. The molecule has 17 heavy (non-hydrogen) atoms. The van der Waals surface area contributed by atoms with Crippen LogP contribution in [-0.4, -0.2) is 43.1 Å². The molecule has 4 nitrogen and oxygen atoms in total. The molecule has 1 atom stereocenters. The third-order valence-corrected chi connectivity index (χ3v) is 2.09. The highest BCUT2D eigenvalue weighted by molar-refractivity contribution is 5.77. The van der Waals surface area contributed by atoms with Crippen molar-refractivity contribution in [2.24, 2.45) is 5.92 Å². The van der Waals surface area contributed by atoms with Crippen LogP contribution in [0.15, 0.2) is 0 Å². The number of ether oxygens (including phenoxy) is 1. The smallest absolute Gasteiger partial charge is 0.396 e. The van der Waals surface area contributed by atoms with E-state index in [2.05, 4.69) is 10.1 Å². The number of halogens is 3. The molecule has 0 aromatic carbocycles. The minimum Gasteiger partial charge on any atom is -0.396 e. The Morgan fingerprint density at radius 1 is 1.41 bits per heavy atom. The molecule has 0 fully saturated rings. The Hall–Kier alpha value is -0.820. The molecule has 0 radical (unpaired) electrons. The number of nitrogens with one attached hydrogen (secondary N) is 1. The Labute approximate surface area is 98.1 Å². The van der Waals surface area contributed by atoms with Crippen LogP contribution in [0.25, 0.3) is 0 Å². The van der Waals surface area contributed by atoms with Gasteiger partial charge >= 0.3 is 6.18 Å². The van der Waals surface area contributed by atoms with Gasteiger partial charge in [-0.05, 0) is 12.3 Å². The quantitative estimate of drug-likeness (QED) is 0.717. The van der Waals surface area contributed by atoms with Crippen molar-refractivity contribution in [3.05, 3.63) is 0 Å². The molecule has 0 bridgehead atoms. The zero-order chi connectivity index (χ0) is 13.5. The van der Waals surface area contributed by atoms with Crippen molar-refractivity contribution in [3.63, 3.8) is 0 Å². The van der Waals surface area contributed by atoms with Crippen molar-refractivity contribution in [3.8, 4) is 0 Å². The number of aliphatic hydroxyl groups is 1. The lowest BCUT2D eigenvalue weighted by atomic mass is 10.0. The van der Waals surface area contributed by atoms with Crippen LogP contribution in [0.4, 0.5) is 13.2 Å². The summed E-state index contributed by atoms with van der Waals surface area (Å²) in [7, 11) is 0. The minimum absolute atomic E-state index is 0.0907. The van der Waals surface area contributed by atoms with E-state index in [1.807, 2.05) is 13.8 Å². The predicted molar refractivity (Wildman–Crippen MR) is 55.3 cm³/mol. The lowest BCUT2D eigenvalue weighted by Crippen LogP contribution is -2.41. The normalized spacial score (nSPS) is 13.8. The summed E-state index contributed by atoms with van der Waals surface area (Å²) in [5, 5.41) is 11.3. The van der Waals surface area contributed by atoms with Crippen molar-refractivity contribution in [2.75, 3.05) is 19.8 Å². The van der Waals surface area contributed by atoms with Gasteiger partial charge in [-0.15, -0.1) is 0 Å². The third kappa shape index (κ3) is 8.93. The molecule has 0 spiro atoms. The van der Waals surface area contributed by atoms with Crippen LogP contribution in [0.1, 0.15) is 20.3 Å². The van der Waals surface area contributed by atoms with Crippen molar-refractivity contribution in [1.29, 1.82) is 0 Å². The first kappa shape index (κ1) is 16.2. The Morgan fingerprint density at radius 2 is 2.00 bits per heavy atom. The lowest BCUT2D eigenvalue weighted by molar-refractivity contribution is -0.175.